The molecule has 0 radical (unpaired) electrons. The van der Waals surface area contributed by atoms with Gasteiger partial charge >= 0.3 is 0 Å². The molecule has 1 heterocycles. The SMILES string of the molecule is CCC(C)NCC(C)N1CC(C)Cc2ccccc21. The number of fused-ring (bicyclic) bond motifs is 1. The van der Waals surface area contributed by atoms with Crippen molar-refractivity contribution in [3.63, 3.8) is 0 Å². The molecule has 0 saturated carbocycles. The van der Waals surface area contributed by atoms with E-state index >= 15 is 0 Å². The van der Waals surface area contributed by atoms with E-state index in [0.29, 0.717) is 12.1 Å². The van der Waals surface area contributed by atoms with Gasteiger partial charge in [0.25, 0.3) is 0 Å². The van der Waals surface area contributed by atoms with Crippen molar-refractivity contribution in [3.8, 4) is 0 Å². The third kappa shape index (κ3) is 3.50. The van der Waals surface area contributed by atoms with Crippen LogP contribution in [-0.4, -0.2) is 25.2 Å². The number of hydrogen-bond acceptors (Lipinski definition) is 2. The zero-order chi connectivity index (χ0) is 13.8. The van der Waals surface area contributed by atoms with E-state index in [0.717, 1.165) is 12.5 Å². The van der Waals surface area contributed by atoms with Gasteiger partial charge in [0.05, 0.1) is 0 Å². The molecule has 1 aliphatic rings. The maximum atomic E-state index is 3.63. The summed E-state index contributed by atoms with van der Waals surface area (Å²) in [7, 11) is 0. The fourth-order valence-electron chi connectivity index (χ4n) is 2.88. The Labute approximate surface area is 118 Å². The Morgan fingerprint density at radius 2 is 2.05 bits per heavy atom. The van der Waals surface area contributed by atoms with Crippen LogP contribution in [0, 0.1) is 5.92 Å². The fourth-order valence-corrected chi connectivity index (χ4v) is 2.88. The predicted molar refractivity (Wildman–Crippen MR) is 83.9 cm³/mol. The summed E-state index contributed by atoms with van der Waals surface area (Å²) in [5.41, 5.74) is 2.95. The smallest absolute Gasteiger partial charge is 0.0401 e. The number of anilines is 1. The average molecular weight is 260 g/mol. The Kier molecular flexibility index (Phi) is 4.87. The molecular weight excluding hydrogens is 232 g/mol. The summed E-state index contributed by atoms with van der Waals surface area (Å²) in [6.45, 7) is 11.4. The molecule has 0 aromatic heterocycles. The van der Waals surface area contributed by atoms with Crippen LogP contribution >= 0.6 is 0 Å². The first-order chi connectivity index (χ1) is 9.11. The van der Waals surface area contributed by atoms with Gasteiger partial charge in [0.15, 0.2) is 0 Å². The van der Waals surface area contributed by atoms with E-state index in [4.69, 9.17) is 0 Å². The molecular formula is C17H28N2. The van der Waals surface area contributed by atoms with Gasteiger partial charge < -0.3 is 10.2 Å². The average Bonchev–Trinajstić information content (AvgIpc) is 2.43. The van der Waals surface area contributed by atoms with E-state index in [9.17, 15) is 0 Å². The molecule has 106 valence electrons. The van der Waals surface area contributed by atoms with Crippen molar-refractivity contribution in [1.82, 2.24) is 5.32 Å². The first kappa shape index (κ1) is 14.4. The Bertz CT molecular complexity index is 402. The number of para-hydroxylation sites is 1. The second kappa shape index (κ2) is 6.42. The summed E-state index contributed by atoms with van der Waals surface area (Å²) in [6.07, 6.45) is 2.41. The minimum atomic E-state index is 0.554. The summed E-state index contributed by atoms with van der Waals surface area (Å²) >= 11 is 0. The molecule has 3 atom stereocenters. The molecule has 3 unspecified atom stereocenters. The Morgan fingerprint density at radius 1 is 1.32 bits per heavy atom. The van der Waals surface area contributed by atoms with Crippen LogP contribution in [0.5, 0.6) is 0 Å². The number of rotatable bonds is 5. The van der Waals surface area contributed by atoms with Gasteiger partial charge in [-0.1, -0.05) is 32.0 Å². The predicted octanol–water partition coefficient (Wildman–Crippen LogP) is 3.46. The van der Waals surface area contributed by atoms with Crippen LogP contribution in [0.25, 0.3) is 0 Å². The van der Waals surface area contributed by atoms with Crippen LogP contribution in [-0.2, 0) is 6.42 Å². The quantitative estimate of drug-likeness (QED) is 0.872. The second-order valence-electron chi connectivity index (χ2n) is 6.16. The van der Waals surface area contributed by atoms with Gasteiger partial charge in [-0.25, -0.2) is 0 Å². The van der Waals surface area contributed by atoms with Crippen LogP contribution < -0.4 is 10.2 Å². The molecule has 1 N–H and O–H groups in total. The molecule has 0 amide bonds. The third-order valence-electron chi connectivity index (χ3n) is 4.28. The van der Waals surface area contributed by atoms with E-state index in [1.807, 2.05) is 0 Å². The minimum absolute atomic E-state index is 0.554. The molecule has 19 heavy (non-hydrogen) atoms. The lowest BCUT2D eigenvalue weighted by atomic mass is 9.93. The number of nitrogens with zero attached hydrogens (tertiary/aromatic N) is 1. The highest BCUT2D eigenvalue weighted by Crippen LogP contribution is 2.30. The Hall–Kier alpha value is -1.02. The first-order valence-corrected chi connectivity index (χ1v) is 7.69. The van der Waals surface area contributed by atoms with E-state index in [2.05, 4.69) is 62.2 Å². The Balaban J connectivity index is 2.07. The van der Waals surface area contributed by atoms with Gasteiger partial charge in [-0.15, -0.1) is 0 Å². The standard InChI is InChI=1S/C17H28N2/c1-5-14(3)18-11-15(4)19-12-13(2)10-16-8-6-7-9-17(16)19/h6-9,13-15,18H,5,10-12H2,1-4H3. The molecule has 1 aromatic rings. The summed E-state index contributed by atoms with van der Waals surface area (Å²) < 4.78 is 0. The summed E-state index contributed by atoms with van der Waals surface area (Å²) in [4.78, 5) is 2.58. The highest BCUT2D eigenvalue weighted by molar-refractivity contribution is 5.56. The lowest BCUT2D eigenvalue weighted by Crippen LogP contribution is -2.46. The number of benzene rings is 1. The normalized spacial score (nSPS) is 21.9. The van der Waals surface area contributed by atoms with Gasteiger partial charge in [0, 0.05) is 30.9 Å². The van der Waals surface area contributed by atoms with Gasteiger partial charge in [-0.2, -0.15) is 0 Å². The first-order valence-electron chi connectivity index (χ1n) is 7.69. The summed E-state index contributed by atoms with van der Waals surface area (Å²) in [5, 5.41) is 3.63. The van der Waals surface area contributed by atoms with Crippen LogP contribution in [0.15, 0.2) is 24.3 Å². The zero-order valence-corrected chi connectivity index (χ0v) is 12.8. The molecule has 0 fully saturated rings. The largest absolute Gasteiger partial charge is 0.367 e. The van der Waals surface area contributed by atoms with Gasteiger partial charge in [-0.05, 0) is 44.2 Å². The molecule has 0 aliphatic carbocycles. The topological polar surface area (TPSA) is 15.3 Å². The van der Waals surface area contributed by atoms with Crippen molar-refractivity contribution >= 4 is 5.69 Å². The highest BCUT2D eigenvalue weighted by atomic mass is 15.2. The Morgan fingerprint density at radius 3 is 2.79 bits per heavy atom. The lowest BCUT2D eigenvalue weighted by molar-refractivity contribution is 0.450. The van der Waals surface area contributed by atoms with Crippen molar-refractivity contribution in [1.29, 1.82) is 0 Å². The molecule has 0 saturated heterocycles. The van der Waals surface area contributed by atoms with E-state index in [-0.39, 0.29) is 0 Å². The van der Waals surface area contributed by atoms with Crippen LogP contribution in [0.1, 0.15) is 39.7 Å². The van der Waals surface area contributed by atoms with E-state index < -0.39 is 0 Å². The molecule has 0 bridgehead atoms. The van der Waals surface area contributed by atoms with E-state index in [1.54, 1.807) is 0 Å². The van der Waals surface area contributed by atoms with Crippen LogP contribution in [0.2, 0.25) is 0 Å². The maximum absolute atomic E-state index is 3.63. The van der Waals surface area contributed by atoms with Crippen LogP contribution in [0.4, 0.5) is 5.69 Å². The van der Waals surface area contributed by atoms with Gasteiger partial charge in [0.1, 0.15) is 0 Å². The second-order valence-corrected chi connectivity index (χ2v) is 6.16. The monoisotopic (exact) mass is 260 g/mol. The highest BCUT2D eigenvalue weighted by Gasteiger charge is 2.24. The molecule has 1 aromatic carbocycles. The number of hydrogen-bond donors (Lipinski definition) is 1. The van der Waals surface area contributed by atoms with Gasteiger partial charge in [0.2, 0.25) is 0 Å². The maximum Gasteiger partial charge on any atom is 0.0401 e. The summed E-state index contributed by atoms with van der Waals surface area (Å²) in [5.74, 6) is 0.751. The molecule has 2 heteroatoms. The number of nitrogens with one attached hydrogen (secondary N) is 1. The van der Waals surface area contributed by atoms with Crippen molar-refractivity contribution in [2.24, 2.45) is 5.92 Å². The van der Waals surface area contributed by atoms with Crippen molar-refractivity contribution in [3.05, 3.63) is 29.8 Å². The van der Waals surface area contributed by atoms with Crippen molar-refractivity contribution < 1.29 is 0 Å². The fraction of sp³-hybridized carbons (Fsp3) is 0.647. The minimum Gasteiger partial charge on any atom is -0.367 e. The molecule has 0 spiro atoms. The van der Waals surface area contributed by atoms with Crippen LogP contribution in [0.3, 0.4) is 0 Å². The summed E-state index contributed by atoms with van der Waals surface area (Å²) in [6, 6.07) is 10.1. The molecule has 1 aliphatic heterocycles. The van der Waals surface area contributed by atoms with E-state index in [1.165, 1.54) is 30.6 Å². The lowest BCUT2D eigenvalue weighted by Gasteiger charge is -2.39. The molecule has 2 rings (SSSR count). The van der Waals surface area contributed by atoms with Crippen molar-refractivity contribution in [2.75, 3.05) is 18.0 Å². The zero-order valence-electron chi connectivity index (χ0n) is 12.8. The molecule has 2 nitrogen and oxygen atoms in total. The third-order valence-corrected chi connectivity index (χ3v) is 4.28. The van der Waals surface area contributed by atoms with Crippen molar-refractivity contribution in [2.45, 2.75) is 52.6 Å². The van der Waals surface area contributed by atoms with Gasteiger partial charge in [-0.3, -0.25) is 0 Å².